The number of ether oxygens (including phenoxy) is 1. The molecule has 104 valence electrons. The molecule has 0 spiro atoms. The lowest BCUT2D eigenvalue weighted by molar-refractivity contribution is 0.209. The minimum atomic E-state index is -0.203. The molecule has 1 aromatic rings. The Kier molecular flexibility index (Phi) is 4.50. The zero-order chi connectivity index (χ0) is 13.8. The molecule has 1 heterocycles. The Hall–Kier alpha value is -1.46. The highest BCUT2D eigenvalue weighted by atomic mass is 35.5. The van der Waals surface area contributed by atoms with E-state index in [0.717, 1.165) is 6.42 Å². The molecule has 1 aliphatic heterocycles. The maximum absolute atomic E-state index is 12.1. The third kappa shape index (κ3) is 3.30. The van der Waals surface area contributed by atoms with Crippen molar-refractivity contribution in [3.8, 4) is 5.75 Å². The van der Waals surface area contributed by atoms with Gasteiger partial charge in [0.25, 0.3) is 0 Å². The summed E-state index contributed by atoms with van der Waals surface area (Å²) >= 11 is 6.03. The smallest absolute Gasteiger partial charge is 0.321 e. The van der Waals surface area contributed by atoms with E-state index in [1.54, 1.807) is 30.2 Å². The Morgan fingerprint density at radius 3 is 3.05 bits per heavy atom. The van der Waals surface area contributed by atoms with Crippen molar-refractivity contribution in [3.63, 3.8) is 0 Å². The Balaban J connectivity index is 2.03. The van der Waals surface area contributed by atoms with Crippen LogP contribution in [0.3, 0.4) is 0 Å². The predicted molar refractivity (Wildman–Crippen MR) is 73.8 cm³/mol. The van der Waals surface area contributed by atoms with Crippen molar-refractivity contribution in [1.29, 1.82) is 0 Å². The average Bonchev–Trinajstić information content (AvgIpc) is 2.90. The second-order valence-corrected chi connectivity index (χ2v) is 4.97. The number of hydrogen-bond acceptors (Lipinski definition) is 3. The summed E-state index contributed by atoms with van der Waals surface area (Å²) in [5, 5.41) is 12.3. The number of aliphatic hydroxyl groups excluding tert-OH is 1. The Labute approximate surface area is 117 Å². The van der Waals surface area contributed by atoms with Crippen LogP contribution in [0.15, 0.2) is 18.2 Å². The number of methoxy groups -OCH3 is 1. The number of carbonyl (C=O) groups is 1. The van der Waals surface area contributed by atoms with Gasteiger partial charge in [-0.15, -0.1) is 0 Å². The zero-order valence-electron chi connectivity index (χ0n) is 10.7. The van der Waals surface area contributed by atoms with Gasteiger partial charge in [0.1, 0.15) is 5.75 Å². The summed E-state index contributed by atoms with van der Waals surface area (Å²) in [5.41, 5.74) is 0.526. The monoisotopic (exact) mass is 284 g/mol. The molecule has 2 rings (SSSR count). The highest BCUT2D eigenvalue weighted by Gasteiger charge is 2.25. The van der Waals surface area contributed by atoms with Gasteiger partial charge in [-0.3, -0.25) is 0 Å². The molecule has 0 saturated carbocycles. The first-order chi connectivity index (χ1) is 9.13. The number of anilines is 1. The first-order valence-electron chi connectivity index (χ1n) is 6.14. The number of urea groups is 1. The van der Waals surface area contributed by atoms with E-state index in [2.05, 4.69) is 5.32 Å². The molecule has 2 amide bonds. The largest absolute Gasteiger partial charge is 0.497 e. The Morgan fingerprint density at radius 2 is 2.42 bits per heavy atom. The summed E-state index contributed by atoms with van der Waals surface area (Å²) in [6.07, 6.45) is 0.829. The summed E-state index contributed by atoms with van der Waals surface area (Å²) in [6.45, 7) is 1.34. The molecule has 1 saturated heterocycles. The predicted octanol–water partition coefficient (Wildman–Crippen LogP) is 2.19. The summed E-state index contributed by atoms with van der Waals surface area (Å²) < 4.78 is 5.09. The van der Waals surface area contributed by atoms with Gasteiger partial charge in [0.2, 0.25) is 0 Å². The molecule has 1 fully saturated rings. The van der Waals surface area contributed by atoms with Crippen LogP contribution in [-0.4, -0.2) is 42.8 Å². The van der Waals surface area contributed by atoms with E-state index in [1.807, 2.05) is 0 Å². The second-order valence-electron chi connectivity index (χ2n) is 4.56. The van der Waals surface area contributed by atoms with Crippen molar-refractivity contribution in [2.45, 2.75) is 6.42 Å². The molecule has 0 bridgehead atoms. The molecule has 0 radical (unpaired) electrons. The van der Waals surface area contributed by atoms with Gasteiger partial charge in [-0.2, -0.15) is 0 Å². The topological polar surface area (TPSA) is 61.8 Å². The van der Waals surface area contributed by atoms with Crippen LogP contribution in [-0.2, 0) is 0 Å². The Morgan fingerprint density at radius 1 is 1.63 bits per heavy atom. The first-order valence-corrected chi connectivity index (χ1v) is 6.52. The first kappa shape index (κ1) is 14.0. The number of halogens is 1. The number of hydrogen-bond donors (Lipinski definition) is 2. The highest BCUT2D eigenvalue weighted by Crippen LogP contribution is 2.27. The third-order valence-electron chi connectivity index (χ3n) is 3.25. The number of nitrogens with one attached hydrogen (secondary N) is 1. The van der Waals surface area contributed by atoms with E-state index < -0.39 is 0 Å². The second kappa shape index (κ2) is 6.12. The highest BCUT2D eigenvalue weighted by molar-refractivity contribution is 6.33. The summed E-state index contributed by atoms with van der Waals surface area (Å²) in [7, 11) is 1.56. The van der Waals surface area contributed by atoms with Crippen molar-refractivity contribution in [3.05, 3.63) is 23.2 Å². The van der Waals surface area contributed by atoms with Crippen molar-refractivity contribution in [1.82, 2.24) is 4.90 Å². The SMILES string of the molecule is COc1ccc(Cl)c(NC(=O)N2CCC(CO)C2)c1. The fraction of sp³-hybridized carbons (Fsp3) is 0.462. The standard InChI is InChI=1S/C13H17ClN2O3/c1-19-10-2-3-11(14)12(6-10)15-13(18)16-5-4-9(7-16)8-17/h2-3,6,9,17H,4-5,7-8H2,1H3,(H,15,18). The number of benzene rings is 1. The molecule has 0 aliphatic carbocycles. The number of nitrogens with zero attached hydrogens (tertiary/aromatic N) is 1. The van der Waals surface area contributed by atoms with Crippen LogP contribution < -0.4 is 10.1 Å². The van der Waals surface area contributed by atoms with Crippen LogP contribution >= 0.6 is 11.6 Å². The number of aliphatic hydroxyl groups is 1. The molecule has 5 nitrogen and oxygen atoms in total. The number of likely N-dealkylation sites (tertiary alicyclic amines) is 1. The molecule has 19 heavy (non-hydrogen) atoms. The quantitative estimate of drug-likeness (QED) is 0.894. The molecule has 1 unspecified atom stereocenters. The van der Waals surface area contributed by atoms with E-state index in [9.17, 15) is 4.79 Å². The maximum Gasteiger partial charge on any atom is 0.321 e. The van der Waals surface area contributed by atoms with Crippen LogP contribution in [0.2, 0.25) is 5.02 Å². The van der Waals surface area contributed by atoms with E-state index >= 15 is 0 Å². The van der Waals surface area contributed by atoms with E-state index in [1.165, 1.54) is 0 Å². The molecule has 1 aromatic carbocycles. The van der Waals surface area contributed by atoms with Gasteiger partial charge in [-0.25, -0.2) is 4.79 Å². The van der Waals surface area contributed by atoms with Crippen molar-refractivity contribution < 1.29 is 14.6 Å². The summed E-state index contributed by atoms with van der Waals surface area (Å²) in [5.74, 6) is 0.806. The molecule has 1 atom stereocenters. The van der Waals surface area contributed by atoms with Gasteiger partial charge in [-0.1, -0.05) is 11.6 Å². The van der Waals surface area contributed by atoms with Gasteiger partial charge >= 0.3 is 6.03 Å². The number of carbonyl (C=O) groups excluding carboxylic acids is 1. The van der Waals surface area contributed by atoms with Crippen LogP contribution in [0.25, 0.3) is 0 Å². The lowest BCUT2D eigenvalue weighted by Crippen LogP contribution is -2.33. The minimum Gasteiger partial charge on any atom is -0.497 e. The molecular weight excluding hydrogens is 268 g/mol. The molecule has 0 aromatic heterocycles. The van der Waals surface area contributed by atoms with Crippen LogP contribution in [0.4, 0.5) is 10.5 Å². The lowest BCUT2D eigenvalue weighted by atomic mass is 10.1. The fourth-order valence-corrected chi connectivity index (χ4v) is 2.25. The van der Waals surface area contributed by atoms with Gasteiger partial charge < -0.3 is 20.1 Å². The lowest BCUT2D eigenvalue weighted by Gasteiger charge is -2.18. The van der Waals surface area contributed by atoms with Gasteiger partial charge in [0.05, 0.1) is 17.8 Å². The van der Waals surface area contributed by atoms with Crippen molar-refractivity contribution in [2.24, 2.45) is 5.92 Å². The molecule has 1 aliphatic rings. The van der Waals surface area contributed by atoms with Crippen LogP contribution in [0, 0.1) is 5.92 Å². The van der Waals surface area contributed by atoms with Crippen LogP contribution in [0.1, 0.15) is 6.42 Å². The maximum atomic E-state index is 12.1. The number of rotatable bonds is 3. The van der Waals surface area contributed by atoms with Crippen molar-refractivity contribution in [2.75, 3.05) is 32.1 Å². The van der Waals surface area contributed by atoms with E-state index in [0.29, 0.717) is 29.5 Å². The summed E-state index contributed by atoms with van der Waals surface area (Å²) in [6, 6.07) is 4.89. The zero-order valence-corrected chi connectivity index (χ0v) is 11.5. The third-order valence-corrected chi connectivity index (χ3v) is 3.58. The van der Waals surface area contributed by atoms with Crippen LogP contribution in [0.5, 0.6) is 5.75 Å². The van der Waals surface area contributed by atoms with E-state index in [-0.39, 0.29) is 18.6 Å². The number of amides is 2. The van der Waals surface area contributed by atoms with Gasteiger partial charge in [0, 0.05) is 31.7 Å². The molecular formula is C13H17ClN2O3. The molecule has 2 N–H and O–H groups in total. The average molecular weight is 285 g/mol. The fourth-order valence-electron chi connectivity index (χ4n) is 2.09. The Bertz CT molecular complexity index is 467. The summed E-state index contributed by atoms with van der Waals surface area (Å²) in [4.78, 5) is 13.7. The van der Waals surface area contributed by atoms with Crippen molar-refractivity contribution >= 4 is 23.3 Å². The minimum absolute atomic E-state index is 0.115. The normalized spacial score (nSPS) is 18.5. The van der Waals surface area contributed by atoms with Gasteiger partial charge in [0.15, 0.2) is 0 Å². The van der Waals surface area contributed by atoms with Gasteiger partial charge in [-0.05, 0) is 18.6 Å². The van der Waals surface area contributed by atoms with E-state index in [4.69, 9.17) is 21.4 Å². The molecule has 6 heteroatoms.